The molecule has 34 heavy (non-hydrogen) atoms. The summed E-state index contributed by atoms with van der Waals surface area (Å²) in [5.41, 5.74) is 0.709. The minimum atomic E-state index is -0.852. The highest BCUT2D eigenvalue weighted by atomic mass is 19.1. The van der Waals surface area contributed by atoms with Crippen LogP contribution in [0, 0.1) is 17.1 Å². The molecule has 1 N–H and O–H groups in total. The zero-order valence-electron chi connectivity index (χ0n) is 18.0. The first kappa shape index (κ1) is 21.2. The van der Waals surface area contributed by atoms with Gasteiger partial charge in [0, 0.05) is 31.9 Å². The normalized spacial score (nSPS) is 16.0. The maximum absolute atomic E-state index is 14.4. The van der Waals surface area contributed by atoms with Crippen molar-refractivity contribution in [3.8, 4) is 11.8 Å². The third-order valence-corrected chi connectivity index (χ3v) is 5.83. The van der Waals surface area contributed by atoms with Gasteiger partial charge in [0.05, 0.1) is 28.4 Å². The molecule has 1 aromatic carbocycles. The van der Waals surface area contributed by atoms with Gasteiger partial charge in [0.2, 0.25) is 0 Å². The third kappa shape index (κ3) is 3.43. The molecule has 0 saturated carbocycles. The maximum Gasteiger partial charge on any atom is 0.295 e. The van der Waals surface area contributed by atoms with Crippen molar-refractivity contribution >= 4 is 28.5 Å². The lowest BCUT2D eigenvalue weighted by atomic mass is 10.1. The van der Waals surface area contributed by atoms with E-state index in [1.54, 1.807) is 4.68 Å². The predicted octanol–water partition coefficient (Wildman–Crippen LogP) is 1.47. The zero-order valence-corrected chi connectivity index (χ0v) is 18.0. The number of aromatic amines is 1. The second-order valence-electron chi connectivity index (χ2n) is 7.87. The van der Waals surface area contributed by atoms with Crippen LogP contribution in [0.5, 0.6) is 0 Å². The number of piperazine rings is 1. The Labute approximate surface area is 192 Å². The zero-order chi connectivity index (χ0) is 23.8. The van der Waals surface area contributed by atoms with Crippen LogP contribution in [0.15, 0.2) is 42.7 Å². The number of rotatable bonds is 4. The average molecular weight is 459 g/mol. The number of Topliss-reactive ketones (excluding diaryl/α,β-unsaturated/α-hetero) is 1. The van der Waals surface area contributed by atoms with Crippen LogP contribution in [0.3, 0.4) is 0 Å². The van der Waals surface area contributed by atoms with Crippen molar-refractivity contribution in [2.24, 2.45) is 0 Å². The lowest BCUT2D eigenvalue weighted by molar-refractivity contribution is -0.128. The smallest absolute Gasteiger partial charge is 0.295 e. The van der Waals surface area contributed by atoms with Gasteiger partial charge in [-0.3, -0.25) is 9.59 Å². The molecular weight excluding hydrogens is 441 g/mol. The summed E-state index contributed by atoms with van der Waals surface area (Å²) >= 11 is 0. The number of ketones is 1. The van der Waals surface area contributed by atoms with E-state index < -0.39 is 17.5 Å². The molecule has 0 radical (unpaired) electrons. The Morgan fingerprint density at radius 2 is 2.03 bits per heavy atom. The largest absolute Gasteiger partial charge is 0.358 e. The number of tetrazole rings is 1. The topological polar surface area (TPSA) is 137 Å². The number of fused-ring (bicyclic) bond motifs is 1. The predicted molar refractivity (Wildman–Crippen MR) is 118 cm³/mol. The maximum atomic E-state index is 14.4. The number of hydrogen-bond acceptors (Lipinski definition) is 8. The van der Waals surface area contributed by atoms with Gasteiger partial charge in [-0.2, -0.15) is 9.94 Å². The molecule has 12 heteroatoms. The van der Waals surface area contributed by atoms with Gasteiger partial charge in [-0.1, -0.05) is 23.3 Å². The molecule has 5 rings (SSSR count). The number of halogens is 1. The van der Waals surface area contributed by atoms with Crippen LogP contribution < -0.4 is 4.90 Å². The van der Waals surface area contributed by atoms with E-state index in [0.717, 1.165) is 11.9 Å². The van der Waals surface area contributed by atoms with Crippen molar-refractivity contribution in [2.45, 2.75) is 13.0 Å². The molecule has 3 aromatic heterocycles. The number of amides is 1. The first-order chi connectivity index (χ1) is 16.5. The number of nitriles is 1. The van der Waals surface area contributed by atoms with Gasteiger partial charge in [0.1, 0.15) is 6.07 Å². The van der Waals surface area contributed by atoms with E-state index in [0.29, 0.717) is 19.0 Å². The van der Waals surface area contributed by atoms with E-state index in [2.05, 4.69) is 25.5 Å². The number of carbonyl (C=O) groups is 2. The van der Waals surface area contributed by atoms with E-state index in [4.69, 9.17) is 0 Å². The van der Waals surface area contributed by atoms with Crippen LogP contribution in [0.2, 0.25) is 0 Å². The summed E-state index contributed by atoms with van der Waals surface area (Å²) < 4.78 is 16.0. The van der Waals surface area contributed by atoms with Gasteiger partial charge in [-0.05, 0) is 29.5 Å². The summed E-state index contributed by atoms with van der Waals surface area (Å²) in [7, 11) is 0. The first-order valence-corrected chi connectivity index (χ1v) is 10.5. The van der Waals surface area contributed by atoms with Crippen LogP contribution in [0.4, 0.5) is 10.3 Å². The number of hydrogen-bond donors (Lipinski definition) is 1. The summed E-state index contributed by atoms with van der Waals surface area (Å²) in [6.45, 7) is 2.88. The van der Waals surface area contributed by atoms with Crippen molar-refractivity contribution in [1.29, 1.82) is 5.26 Å². The van der Waals surface area contributed by atoms with Crippen molar-refractivity contribution in [1.82, 2.24) is 35.1 Å². The summed E-state index contributed by atoms with van der Waals surface area (Å²) in [4.78, 5) is 35.9. The number of nitrogens with zero attached hydrogens (tertiary/aromatic N) is 8. The number of anilines is 1. The number of aromatic nitrogens is 6. The molecule has 0 spiro atoms. The molecule has 1 amide bonds. The first-order valence-electron chi connectivity index (χ1n) is 10.5. The van der Waals surface area contributed by atoms with Gasteiger partial charge < -0.3 is 14.8 Å². The molecule has 1 saturated heterocycles. The summed E-state index contributed by atoms with van der Waals surface area (Å²) in [5.74, 6) is -1.84. The van der Waals surface area contributed by atoms with Gasteiger partial charge in [-0.15, -0.1) is 0 Å². The fraction of sp³-hybridized carbons (Fsp3) is 0.227. The highest BCUT2D eigenvalue weighted by Gasteiger charge is 2.34. The number of benzene rings is 1. The van der Waals surface area contributed by atoms with Crippen molar-refractivity contribution in [2.75, 3.05) is 24.5 Å². The molecule has 170 valence electrons. The fourth-order valence-electron chi connectivity index (χ4n) is 4.17. The molecular formula is C22H18FN9O2. The molecule has 0 bridgehead atoms. The fourth-order valence-corrected chi connectivity index (χ4v) is 4.17. The van der Waals surface area contributed by atoms with E-state index >= 15 is 0 Å². The van der Waals surface area contributed by atoms with Crippen LogP contribution in [0.1, 0.15) is 23.0 Å². The number of H-pyrrole nitrogens is 1. The number of para-hydroxylation sites is 1. The van der Waals surface area contributed by atoms with Gasteiger partial charge in [0.25, 0.3) is 17.6 Å². The molecule has 4 heterocycles. The van der Waals surface area contributed by atoms with E-state index in [1.165, 1.54) is 11.1 Å². The van der Waals surface area contributed by atoms with Crippen molar-refractivity contribution in [3.05, 3.63) is 59.8 Å². The lowest BCUT2D eigenvalue weighted by Gasteiger charge is -2.39. The minimum Gasteiger partial charge on any atom is -0.358 e. The molecule has 0 unspecified atom stereocenters. The lowest BCUT2D eigenvalue weighted by Crippen LogP contribution is -2.56. The molecule has 1 aliphatic rings. The number of carbonyl (C=O) groups excluding carboxylic acids is 2. The number of nitrogens with one attached hydrogen (secondary N) is 1. The molecule has 1 atom stereocenters. The quantitative estimate of drug-likeness (QED) is 0.358. The van der Waals surface area contributed by atoms with Gasteiger partial charge >= 0.3 is 0 Å². The highest BCUT2D eigenvalue weighted by Crippen LogP contribution is 2.25. The van der Waals surface area contributed by atoms with Gasteiger partial charge in [-0.25, -0.2) is 9.37 Å². The molecule has 11 nitrogen and oxygen atoms in total. The Hall–Kier alpha value is -4.66. The Kier molecular flexibility index (Phi) is 5.21. The van der Waals surface area contributed by atoms with Crippen LogP contribution in [-0.4, -0.2) is 72.4 Å². The van der Waals surface area contributed by atoms with E-state index in [-0.39, 0.29) is 34.7 Å². The highest BCUT2D eigenvalue weighted by molar-refractivity contribution is 6.45. The second kappa shape index (κ2) is 8.36. The van der Waals surface area contributed by atoms with Crippen LogP contribution >= 0.6 is 0 Å². The SMILES string of the molecule is C[C@H]1CN(c2nnnn2-c2ccccc2)CCN1C(=O)C(=O)c1c[nH]c2c(C#N)ncc(F)c12. The van der Waals surface area contributed by atoms with Crippen molar-refractivity contribution < 1.29 is 14.0 Å². The summed E-state index contributed by atoms with van der Waals surface area (Å²) in [6.07, 6.45) is 2.11. The summed E-state index contributed by atoms with van der Waals surface area (Å²) in [6, 6.07) is 10.9. The molecule has 4 aromatic rings. The molecule has 1 aliphatic heterocycles. The molecule has 0 aliphatic carbocycles. The van der Waals surface area contributed by atoms with Gasteiger partial charge in [0.15, 0.2) is 11.5 Å². The Morgan fingerprint density at radius 3 is 2.76 bits per heavy atom. The van der Waals surface area contributed by atoms with E-state index in [1.807, 2.05) is 48.2 Å². The second-order valence-corrected chi connectivity index (χ2v) is 7.87. The standard InChI is InChI=1S/C22H18FN9O2/c1-13-12-30(22-27-28-29-32(22)14-5-3-2-4-6-14)7-8-31(13)21(34)20(33)15-10-26-19-17(9-24)25-11-16(23)18(15)19/h2-6,10-11,13,26H,7-8,12H2,1H3/t13-/m0/s1. The van der Waals surface area contributed by atoms with E-state index in [9.17, 15) is 19.2 Å². The van der Waals surface area contributed by atoms with Crippen LogP contribution in [-0.2, 0) is 4.79 Å². The monoisotopic (exact) mass is 459 g/mol. The molecule has 1 fully saturated rings. The Morgan fingerprint density at radius 1 is 1.24 bits per heavy atom. The minimum absolute atomic E-state index is 0.0546. The third-order valence-electron chi connectivity index (χ3n) is 5.83. The number of pyridine rings is 1. The Bertz CT molecular complexity index is 1440. The summed E-state index contributed by atoms with van der Waals surface area (Å²) in [5, 5.41) is 21.1. The van der Waals surface area contributed by atoms with Crippen LogP contribution in [0.25, 0.3) is 16.6 Å². The average Bonchev–Trinajstić information content (AvgIpc) is 3.52. The Balaban J connectivity index is 1.36. The van der Waals surface area contributed by atoms with Crippen molar-refractivity contribution in [3.63, 3.8) is 0 Å².